The topological polar surface area (TPSA) is 70.6 Å². The smallest absolute Gasteiger partial charge is 0.326 e. The Labute approximate surface area is 242 Å². The number of hydrogen-bond donors (Lipinski definition) is 1. The lowest BCUT2D eigenvalue weighted by molar-refractivity contribution is 0.0773. The Kier molecular flexibility index (Phi) is 9.24. The van der Waals surface area contributed by atoms with Gasteiger partial charge in [-0.2, -0.15) is 0 Å². The van der Waals surface area contributed by atoms with E-state index in [-0.39, 0.29) is 23.6 Å². The molecular weight excluding hydrogens is 512 g/mol. The van der Waals surface area contributed by atoms with E-state index in [1.165, 1.54) is 11.1 Å². The maximum atomic E-state index is 12.9. The monoisotopic (exact) mass is 554 g/mol. The van der Waals surface area contributed by atoms with Crippen molar-refractivity contribution in [2.75, 3.05) is 39.8 Å². The van der Waals surface area contributed by atoms with E-state index in [1.807, 2.05) is 65.8 Å². The quantitative estimate of drug-likeness (QED) is 0.244. The minimum Gasteiger partial charge on any atom is -0.497 e. The molecule has 2 heterocycles. The zero-order valence-electron chi connectivity index (χ0n) is 24.5. The van der Waals surface area contributed by atoms with Crippen molar-refractivity contribution in [1.82, 2.24) is 19.4 Å². The van der Waals surface area contributed by atoms with Crippen LogP contribution in [0.1, 0.15) is 73.0 Å². The van der Waals surface area contributed by atoms with Crippen molar-refractivity contribution in [3.05, 3.63) is 100.0 Å². The van der Waals surface area contributed by atoms with Gasteiger partial charge in [0.25, 0.3) is 5.91 Å². The molecule has 1 aliphatic heterocycles. The van der Waals surface area contributed by atoms with Gasteiger partial charge in [-0.25, -0.2) is 4.79 Å². The third kappa shape index (κ3) is 6.41. The molecule has 216 valence electrons. The number of nitrogens with zero attached hydrogens (tertiary/aromatic N) is 3. The number of rotatable bonds is 11. The molecule has 1 N–H and O–H groups in total. The number of carbonyl (C=O) groups is 1. The second-order valence-electron chi connectivity index (χ2n) is 11.0. The fraction of sp³-hybridized carbons (Fsp3) is 0.412. The number of piperidine rings is 1. The SMILES string of the molecule is CCN(CC)C(=O)c1ccc(C(CCCN2CCC(n3c(=O)[nH]c4ccccc43)CC2)c2cccc(OC)c2)cc1. The van der Waals surface area contributed by atoms with E-state index in [0.29, 0.717) is 13.1 Å². The second-order valence-corrected chi connectivity index (χ2v) is 11.0. The average Bonchev–Trinajstić information content (AvgIpc) is 3.36. The molecule has 1 aliphatic rings. The first kappa shape index (κ1) is 28.7. The number of aromatic nitrogens is 2. The van der Waals surface area contributed by atoms with Crippen LogP contribution in [-0.4, -0.2) is 65.1 Å². The second kappa shape index (κ2) is 13.2. The minimum atomic E-state index is -0.00408. The van der Waals surface area contributed by atoms with Crippen molar-refractivity contribution in [2.45, 2.75) is 51.5 Å². The average molecular weight is 555 g/mol. The first-order valence-electron chi connectivity index (χ1n) is 15.0. The van der Waals surface area contributed by atoms with Crippen molar-refractivity contribution >= 4 is 16.9 Å². The number of likely N-dealkylation sites (tertiary alicyclic amines) is 1. The lowest BCUT2D eigenvalue weighted by Gasteiger charge is -2.33. The number of benzene rings is 3. The fourth-order valence-electron chi connectivity index (χ4n) is 6.29. The van der Waals surface area contributed by atoms with Crippen molar-refractivity contribution in [2.24, 2.45) is 0 Å². The molecule has 0 bridgehead atoms. The standard InChI is InChI=1S/C34H42N4O3/c1-4-37(5-2)33(39)26-17-15-25(16-18-26)30(27-10-8-11-29(24-27)41-3)12-9-21-36-22-19-28(20-23-36)38-32-14-7-6-13-31(32)35-34(38)40/h6-8,10-11,13-18,24,28,30H,4-5,9,12,19-23H2,1-3H3,(H,35,40). The van der Waals surface area contributed by atoms with E-state index >= 15 is 0 Å². The molecule has 1 atom stereocenters. The molecule has 1 amide bonds. The molecule has 4 aromatic rings. The largest absolute Gasteiger partial charge is 0.497 e. The summed E-state index contributed by atoms with van der Waals surface area (Å²) in [5, 5.41) is 0. The van der Waals surface area contributed by atoms with Gasteiger partial charge in [0.05, 0.1) is 18.1 Å². The molecule has 1 saturated heterocycles. The Hall–Kier alpha value is -3.84. The van der Waals surface area contributed by atoms with E-state index < -0.39 is 0 Å². The summed E-state index contributed by atoms with van der Waals surface area (Å²) in [5.74, 6) is 1.15. The number of amides is 1. The van der Waals surface area contributed by atoms with Crippen LogP contribution >= 0.6 is 0 Å². The van der Waals surface area contributed by atoms with Crippen LogP contribution in [0, 0.1) is 0 Å². The molecule has 0 aliphatic carbocycles. The lowest BCUT2D eigenvalue weighted by Crippen LogP contribution is -2.37. The van der Waals surface area contributed by atoms with Crippen LogP contribution in [0.3, 0.4) is 0 Å². The van der Waals surface area contributed by atoms with Crippen molar-refractivity contribution in [3.63, 3.8) is 0 Å². The van der Waals surface area contributed by atoms with Crippen molar-refractivity contribution in [3.8, 4) is 5.75 Å². The summed E-state index contributed by atoms with van der Waals surface area (Å²) >= 11 is 0. The number of carbonyl (C=O) groups excluding carboxylic acids is 1. The van der Waals surface area contributed by atoms with Gasteiger partial charge in [0.15, 0.2) is 0 Å². The first-order valence-corrected chi connectivity index (χ1v) is 15.0. The maximum absolute atomic E-state index is 12.9. The molecule has 1 fully saturated rings. The molecule has 0 spiro atoms. The van der Waals surface area contributed by atoms with Gasteiger partial charge in [-0.3, -0.25) is 9.36 Å². The molecule has 3 aromatic carbocycles. The predicted molar refractivity (Wildman–Crippen MR) is 165 cm³/mol. The summed E-state index contributed by atoms with van der Waals surface area (Å²) in [4.78, 5) is 32.9. The maximum Gasteiger partial charge on any atom is 0.326 e. The van der Waals surface area contributed by atoms with Gasteiger partial charge in [-0.15, -0.1) is 0 Å². The van der Waals surface area contributed by atoms with E-state index in [4.69, 9.17) is 4.74 Å². The van der Waals surface area contributed by atoms with Gasteiger partial charge in [0.2, 0.25) is 0 Å². The number of para-hydroxylation sites is 2. The molecule has 7 nitrogen and oxygen atoms in total. The predicted octanol–water partition coefficient (Wildman–Crippen LogP) is 6.07. The van der Waals surface area contributed by atoms with E-state index in [9.17, 15) is 9.59 Å². The zero-order chi connectivity index (χ0) is 28.8. The number of hydrogen-bond acceptors (Lipinski definition) is 4. The number of nitrogens with one attached hydrogen (secondary N) is 1. The normalized spacial score (nSPS) is 15.2. The summed E-state index contributed by atoms with van der Waals surface area (Å²) in [6.07, 6.45) is 4.00. The van der Waals surface area contributed by atoms with E-state index in [1.54, 1.807) is 7.11 Å². The van der Waals surface area contributed by atoms with Crippen LogP contribution in [0.5, 0.6) is 5.75 Å². The number of imidazole rings is 1. The van der Waals surface area contributed by atoms with Crippen LogP contribution in [-0.2, 0) is 0 Å². The van der Waals surface area contributed by atoms with Gasteiger partial charge < -0.3 is 19.5 Å². The summed E-state index contributed by atoms with van der Waals surface area (Å²) in [6, 6.07) is 24.7. The summed E-state index contributed by atoms with van der Waals surface area (Å²) in [5.41, 5.74) is 5.09. The molecule has 0 radical (unpaired) electrons. The fourth-order valence-corrected chi connectivity index (χ4v) is 6.29. The van der Waals surface area contributed by atoms with Crippen LogP contribution in [0.25, 0.3) is 11.0 Å². The van der Waals surface area contributed by atoms with Gasteiger partial charge in [0.1, 0.15) is 5.75 Å². The first-order chi connectivity index (χ1) is 20.0. The summed E-state index contributed by atoms with van der Waals surface area (Å²) in [7, 11) is 1.70. The number of methoxy groups -OCH3 is 1. The number of aromatic amines is 1. The minimum absolute atomic E-state index is 0.00408. The summed E-state index contributed by atoms with van der Waals surface area (Å²) < 4.78 is 7.49. The highest BCUT2D eigenvalue weighted by molar-refractivity contribution is 5.94. The van der Waals surface area contributed by atoms with E-state index in [0.717, 1.165) is 67.7 Å². The molecule has 5 rings (SSSR count). The zero-order valence-corrected chi connectivity index (χ0v) is 24.5. The van der Waals surface area contributed by atoms with Crippen LogP contribution in [0.15, 0.2) is 77.6 Å². The number of ether oxygens (including phenoxy) is 1. The highest BCUT2D eigenvalue weighted by Gasteiger charge is 2.24. The highest BCUT2D eigenvalue weighted by Crippen LogP contribution is 2.32. The van der Waals surface area contributed by atoms with Crippen molar-refractivity contribution in [1.29, 1.82) is 0 Å². The van der Waals surface area contributed by atoms with Crippen LogP contribution < -0.4 is 10.4 Å². The lowest BCUT2D eigenvalue weighted by atomic mass is 9.86. The molecule has 1 unspecified atom stereocenters. The van der Waals surface area contributed by atoms with Crippen molar-refractivity contribution < 1.29 is 9.53 Å². The van der Waals surface area contributed by atoms with Crippen LogP contribution in [0.2, 0.25) is 0 Å². The Bertz CT molecular complexity index is 1490. The van der Waals surface area contributed by atoms with Gasteiger partial charge >= 0.3 is 5.69 Å². The molecule has 7 heteroatoms. The molecule has 41 heavy (non-hydrogen) atoms. The number of H-pyrrole nitrogens is 1. The third-order valence-electron chi connectivity index (χ3n) is 8.62. The third-order valence-corrected chi connectivity index (χ3v) is 8.62. The molecule has 0 saturated carbocycles. The summed E-state index contributed by atoms with van der Waals surface area (Å²) in [6.45, 7) is 8.44. The molecule has 1 aromatic heterocycles. The Morgan fingerprint density at radius 2 is 1.71 bits per heavy atom. The van der Waals surface area contributed by atoms with Crippen LogP contribution in [0.4, 0.5) is 0 Å². The Morgan fingerprint density at radius 3 is 2.41 bits per heavy atom. The Morgan fingerprint density at radius 1 is 0.976 bits per heavy atom. The van der Waals surface area contributed by atoms with Gasteiger partial charge in [0, 0.05) is 43.7 Å². The number of fused-ring (bicyclic) bond motifs is 1. The molecular formula is C34H42N4O3. The Balaban J connectivity index is 1.24. The van der Waals surface area contributed by atoms with Gasteiger partial charge in [-0.1, -0.05) is 36.4 Å². The van der Waals surface area contributed by atoms with Gasteiger partial charge in [-0.05, 0) is 93.6 Å². The highest BCUT2D eigenvalue weighted by atomic mass is 16.5. The van der Waals surface area contributed by atoms with E-state index in [2.05, 4.69) is 40.2 Å².